The van der Waals surface area contributed by atoms with E-state index in [0.29, 0.717) is 36.6 Å². The number of aliphatic hydroxyl groups excluding tert-OH is 2. The second kappa shape index (κ2) is 7.60. The van der Waals surface area contributed by atoms with Crippen molar-refractivity contribution in [2.45, 2.75) is 6.92 Å². The average Bonchev–Trinajstić information content (AvgIpc) is 2.39. The number of ether oxygens (including phenoxy) is 1. The van der Waals surface area contributed by atoms with E-state index in [1.54, 1.807) is 30.0 Å². The summed E-state index contributed by atoms with van der Waals surface area (Å²) in [5.41, 5.74) is 7.35. The predicted octanol–water partition coefficient (Wildman–Crippen LogP) is 0.236. The van der Waals surface area contributed by atoms with Gasteiger partial charge in [-0.05, 0) is 25.1 Å². The highest BCUT2D eigenvalue weighted by Crippen LogP contribution is 2.24. The van der Waals surface area contributed by atoms with Crippen LogP contribution >= 0.6 is 0 Å². The summed E-state index contributed by atoms with van der Waals surface area (Å²) in [4.78, 5) is 13.4. The molecule has 0 bridgehead atoms. The van der Waals surface area contributed by atoms with E-state index >= 15 is 0 Å². The van der Waals surface area contributed by atoms with Crippen molar-refractivity contribution in [3.05, 3.63) is 23.8 Å². The van der Waals surface area contributed by atoms with Crippen molar-refractivity contribution in [3.63, 3.8) is 0 Å². The number of carbonyl (C=O) groups is 1. The van der Waals surface area contributed by atoms with Crippen molar-refractivity contribution in [2.24, 2.45) is 0 Å². The molecular formula is C13H20N2O4. The molecule has 1 rings (SSSR count). The number of hydrogen-bond donors (Lipinski definition) is 3. The first-order chi connectivity index (χ1) is 9.13. The first-order valence-electron chi connectivity index (χ1n) is 6.17. The van der Waals surface area contributed by atoms with Crippen LogP contribution in [0.1, 0.15) is 17.3 Å². The molecule has 0 atom stereocenters. The zero-order valence-corrected chi connectivity index (χ0v) is 11.0. The normalized spacial score (nSPS) is 10.3. The van der Waals surface area contributed by atoms with E-state index in [1.807, 2.05) is 0 Å². The van der Waals surface area contributed by atoms with E-state index in [1.165, 1.54) is 0 Å². The minimum absolute atomic E-state index is 0.0664. The lowest BCUT2D eigenvalue weighted by Gasteiger charge is -2.24. The van der Waals surface area contributed by atoms with Gasteiger partial charge in [-0.2, -0.15) is 0 Å². The summed E-state index contributed by atoms with van der Waals surface area (Å²) in [6, 6.07) is 4.81. The summed E-state index contributed by atoms with van der Waals surface area (Å²) in [6.07, 6.45) is 0. The zero-order chi connectivity index (χ0) is 14.3. The third-order valence-electron chi connectivity index (χ3n) is 2.62. The Morgan fingerprint density at radius 1 is 1.32 bits per heavy atom. The number of esters is 1. The number of aliphatic hydroxyl groups is 2. The number of nitrogens with two attached hydrogens (primary N) is 1. The fraction of sp³-hybridized carbons (Fsp3) is 0.462. The van der Waals surface area contributed by atoms with E-state index in [2.05, 4.69) is 0 Å². The third kappa shape index (κ3) is 4.11. The highest BCUT2D eigenvalue weighted by molar-refractivity contribution is 5.92. The Morgan fingerprint density at radius 3 is 2.47 bits per heavy atom. The van der Waals surface area contributed by atoms with Crippen LogP contribution in [0.4, 0.5) is 11.4 Å². The van der Waals surface area contributed by atoms with Crippen molar-refractivity contribution in [1.82, 2.24) is 0 Å². The van der Waals surface area contributed by atoms with Gasteiger partial charge in [-0.1, -0.05) is 0 Å². The van der Waals surface area contributed by atoms with Crippen LogP contribution in [-0.4, -0.2) is 49.1 Å². The van der Waals surface area contributed by atoms with Gasteiger partial charge in [0.05, 0.1) is 36.8 Å². The van der Waals surface area contributed by atoms with E-state index in [0.717, 1.165) is 0 Å². The van der Waals surface area contributed by atoms with Gasteiger partial charge in [-0.15, -0.1) is 0 Å². The van der Waals surface area contributed by atoms with Crippen LogP contribution in [0.5, 0.6) is 0 Å². The largest absolute Gasteiger partial charge is 0.462 e. The number of benzene rings is 1. The van der Waals surface area contributed by atoms with Crippen molar-refractivity contribution in [2.75, 3.05) is 43.5 Å². The van der Waals surface area contributed by atoms with Crippen LogP contribution in [0.15, 0.2) is 18.2 Å². The first kappa shape index (κ1) is 15.3. The summed E-state index contributed by atoms with van der Waals surface area (Å²) < 4.78 is 4.93. The van der Waals surface area contributed by atoms with Gasteiger partial charge in [-0.3, -0.25) is 0 Å². The second-order valence-corrected chi connectivity index (χ2v) is 3.93. The second-order valence-electron chi connectivity index (χ2n) is 3.93. The first-order valence-corrected chi connectivity index (χ1v) is 6.17. The predicted molar refractivity (Wildman–Crippen MR) is 73.2 cm³/mol. The van der Waals surface area contributed by atoms with E-state index in [-0.39, 0.29) is 13.2 Å². The van der Waals surface area contributed by atoms with Crippen LogP contribution in [0.3, 0.4) is 0 Å². The van der Waals surface area contributed by atoms with Crippen molar-refractivity contribution in [3.8, 4) is 0 Å². The number of hydrogen-bond acceptors (Lipinski definition) is 6. The zero-order valence-electron chi connectivity index (χ0n) is 11.0. The van der Waals surface area contributed by atoms with E-state index in [4.69, 9.17) is 20.7 Å². The molecule has 0 amide bonds. The van der Waals surface area contributed by atoms with Crippen LogP contribution in [-0.2, 0) is 4.74 Å². The summed E-state index contributed by atoms with van der Waals surface area (Å²) >= 11 is 0. The topological polar surface area (TPSA) is 96.0 Å². The molecule has 0 aliphatic carbocycles. The number of carbonyl (C=O) groups excluding carboxylic acids is 1. The van der Waals surface area contributed by atoms with Gasteiger partial charge >= 0.3 is 5.97 Å². The molecule has 0 spiro atoms. The lowest BCUT2D eigenvalue weighted by molar-refractivity contribution is 0.0526. The van der Waals surface area contributed by atoms with Crippen LogP contribution in [0, 0.1) is 0 Å². The third-order valence-corrected chi connectivity index (χ3v) is 2.62. The molecular weight excluding hydrogens is 248 g/mol. The minimum atomic E-state index is -0.420. The Hall–Kier alpha value is -1.79. The summed E-state index contributed by atoms with van der Waals surface area (Å²) in [7, 11) is 0. The molecule has 0 aliphatic heterocycles. The number of nitrogen functional groups attached to an aromatic ring is 1. The molecule has 4 N–H and O–H groups in total. The minimum Gasteiger partial charge on any atom is -0.462 e. The Bertz CT molecular complexity index is 417. The van der Waals surface area contributed by atoms with Crippen molar-refractivity contribution >= 4 is 17.3 Å². The van der Waals surface area contributed by atoms with Crippen molar-refractivity contribution in [1.29, 1.82) is 0 Å². The molecule has 1 aromatic carbocycles. The number of nitrogens with zero attached hydrogens (tertiary/aromatic N) is 1. The fourth-order valence-corrected chi connectivity index (χ4v) is 1.75. The lowest BCUT2D eigenvalue weighted by Crippen LogP contribution is -2.30. The van der Waals surface area contributed by atoms with Gasteiger partial charge in [0.25, 0.3) is 0 Å². The molecule has 0 aromatic heterocycles. The molecule has 0 saturated heterocycles. The van der Waals surface area contributed by atoms with Crippen LogP contribution in [0.25, 0.3) is 0 Å². The Labute approximate surface area is 112 Å². The average molecular weight is 268 g/mol. The summed E-state index contributed by atoms with van der Waals surface area (Å²) in [5.74, 6) is -0.420. The number of anilines is 2. The van der Waals surface area contributed by atoms with E-state index < -0.39 is 5.97 Å². The van der Waals surface area contributed by atoms with Gasteiger partial charge in [0.1, 0.15) is 0 Å². The quantitative estimate of drug-likeness (QED) is 0.484. The summed E-state index contributed by atoms with van der Waals surface area (Å²) in [6.45, 7) is 2.57. The van der Waals surface area contributed by atoms with E-state index in [9.17, 15) is 4.79 Å². The lowest BCUT2D eigenvalue weighted by atomic mass is 10.1. The number of rotatable bonds is 7. The smallest absolute Gasteiger partial charge is 0.338 e. The Morgan fingerprint density at radius 2 is 1.95 bits per heavy atom. The van der Waals surface area contributed by atoms with Gasteiger partial charge in [0.2, 0.25) is 0 Å². The fourth-order valence-electron chi connectivity index (χ4n) is 1.75. The highest BCUT2D eigenvalue weighted by Gasteiger charge is 2.13. The van der Waals surface area contributed by atoms with Crippen molar-refractivity contribution < 1.29 is 19.7 Å². The molecule has 19 heavy (non-hydrogen) atoms. The molecule has 6 nitrogen and oxygen atoms in total. The molecule has 1 aromatic rings. The monoisotopic (exact) mass is 268 g/mol. The standard InChI is InChI=1S/C13H20N2O4/c1-2-19-13(18)10-3-4-11(14)12(9-10)15(5-7-16)6-8-17/h3-4,9,16-17H,2,5-8,14H2,1H3. The van der Waals surface area contributed by atoms with Crippen LogP contribution in [0.2, 0.25) is 0 Å². The molecule has 0 fully saturated rings. The molecule has 106 valence electrons. The highest BCUT2D eigenvalue weighted by atomic mass is 16.5. The molecule has 0 heterocycles. The Balaban J connectivity index is 3.03. The van der Waals surface area contributed by atoms with Gasteiger partial charge in [0, 0.05) is 13.1 Å². The molecule has 0 aliphatic rings. The molecule has 0 saturated carbocycles. The summed E-state index contributed by atoms with van der Waals surface area (Å²) in [5, 5.41) is 18.0. The molecule has 0 unspecified atom stereocenters. The van der Waals surface area contributed by atoms with Crippen LogP contribution < -0.4 is 10.6 Å². The maximum Gasteiger partial charge on any atom is 0.338 e. The Kier molecular flexibility index (Phi) is 6.11. The van der Waals surface area contributed by atoms with Gasteiger partial charge in [0.15, 0.2) is 0 Å². The van der Waals surface area contributed by atoms with Gasteiger partial charge < -0.3 is 25.6 Å². The SMILES string of the molecule is CCOC(=O)c1ccc(N)c(N(CCO)CCO)c1. The maximum atomic E-state index is 11.7. The van der Waals surface area contributed by atoms with Gasteiger partial charge in [-0.25, -0.2) is 4.79 Å². The molecule has 6 heteroatoms. The maximum absolute atomic E-state index is 11.7. The molecule has 0 radical (unpaired) electrons.